The highest BCUT2D eigenvalue weighted by molar-refractivity contribution is 7.97. The first-order valence-corrected chi connectivity index (χ1v) is 4.05. The van der Waals surface area contributed by atoms with Crippen LogP contribution in [0.4, 0.5) is 0 Å². The Morgan fingerprint density at radius 2 is 2.40 bits per heavy atom. The number of nitrogens with two attached hydrogens (primary N) is 1. The lowest BCUT2D eigenvalue weighted by atomic mass is 10.4. The van der Waals surface area contributed by atoms with Crippen LogP contribution in [0.3, 0.4) is 0 Å². The second kappa shape index (κ2) is 5.17. The fourth-order valence-electron chi connectivity index (χ4n) is 0.449. The molecule has 4 N–H and O–H groups in total. The predicted octanol–water partition coefficient (Wildman–Crippen LogP) is 1.08. The molecule has 0 fully saturated rings. The number of amidine groups is 1. The largest absolute Gasteiger partial charge is 0.384 e. The second-order valence-electron chi connectivity index (χ2n) is 1.82. The molecule has 0 aromatic rings. The Hall–Kier alpha value is -0.640. The van der Waals surface area contributed by atoms with E-state index < -0.39 is 0 Å². The maximum Gasteiger partial charge on any atom is 0.117 e. The molecule has 0 aliphatic rings. The summed E-state index contributed by atoms with van der Waals surface area (Å²) in [4.78, 5) is 0. The summed E-state index contributed by atoms with van der Waals surface area (Å²) in [5.74, 6) is 1.09. The van der Waals surface area contributed by atoms with E-state index in [9.17, 15) is 0 Å². The van der Waals surface area contributed by atoms with Crippen LogP contribution in [-0.2, 0) is 0 Å². The molecule has 0 aliphatic carbocycles. The Labute approximate surface area is 65.7 Å². The maximum absolute atomic E-state index is 6.91. The van der Waals surface area contributed by atoms with Crippen molar-refractivity contribution in [3.05, 3.63) is 11.8 Å². The van der Waals surface area contributed by atoms with Crippen LogP contribution >= 0.6 is 11.9 Å². The SMILES string of the molecule is CCSN/C(C)=C\C(=N)N. The van der Waals surface area contributed by atoms with Gasteiger partial charge in [0.1, 0.15) is 5.84 Å². The van der Waals surface area contributed by atoms with Crippen molar-refractivity contribution in [2.45, 2.75) is 13.8 Å². The van der Waals surface area contributed by atoms with Gasteiger partial charge < -0.3 is 10.5 Å². The lowest BCUT2D eigenvalue weighted by Crippen LogP contribution is -2.09. The minimum Gasteiger partial charge on any atom is -0.384 e. The predicted molar refractivity (Wildman–Crippen MR) is 46.9 cm³/mol. The van der Waals surface area contributed by atoms with Crippen molar-refractivity contribution in [1.29, 1.82) is 5.41 Å². The molecule has 0 saturated carbocycles. The minimum absolute atomic E-state index is 0.0849. The van der Waals surface area contributed by atoms with Crippen molar-refractivity contribution in [1.82, 2.24) is 4.72 Å². The summed E-state index contributed by atoms with van der Waals surface area (Å²) >= 11 is 1.59. The number of hydrogen-bond acceptors (Lipinski definition) is 3. The summed E-state index contributed by atoms with van der Waals surface area (Å²) in [6, 6.07) is 0. The fraction of sp³-hybridized carbons (Fsp3) is 0.500. The van der Waals surface area contributed by atoms with Gasteiger partial charge in [-0.3, -0.25) is 5.41 Å². The van der Waals surface area contributed by atoms with Gasteiger partial charge in [0.25, 0.3) is 0 Å². The molecule has 0 aromatic carbocycles. The van der Waals surface area contributed by atoms with E-state index in [1.807, 2.05) is 6.92 Å². The molecule has 0 rings (SSSR count). The molecule has 58 valence electrons. The molecular weight excluding hydrogens is 146 g/mol. The molecule has 3 nitrogen and oxygen atoms in total. The van der Waals surface area contributed by atoms with Gasteiger partial charge in [0.2, 0.25) is 0 Å². The Morgan fingerprint density at radius 1 is 1.80 bits per heavy atom. The Kier molecular flexibility index (Phi) is 4.84. The molecule has 0 bridgehead atoms. The van der Waals surface area contributed by atoms with E-state index in [0.717, 1.165) is 11.4 Å². The number of nitrogens with one attached hydrogen (secondary N) is 2. The lowest BCUT2D eigenvalue weighted by Gasteiger charge is -2.01. The average molecular weight is 159 g/mol. The van der Waals surface area contributed by atoms with E-state index >= 15 is 0 Å². The topological polar surface area (TPSA) is 61.9 Å². The third-order valence-corrected chi connectivity index (χ3v) is 1.50. The zero-order valence-corrected chi connectivity index (χ0v) is 7.09. The quantitative estimate of drug-likeness (QED) is 0.327. The van der Waals surface area contributed by atoms with Crippen LogP contribution < -0.4 is 10.5 Å². The number of rotatable bonds is 4. The van der Waals surface area contributed by atoms with Crippen LogP contribution in [0.5, 0.6) is 0 Å². The van der Waals surface area contributed by atoms with Gasteiger partial charge in [-0.2, -0.15) is 0 Å². The summed E-state index contributed by atoms with van der Waals surface area (Å²) in [6.45, 7) is 3.93. The van der Waals surface area contributed by atoms with Crippen molar-refractivity contribution >= 4 is 17.8 Å². The lowest BCUT2D eigenvalue weighted by molar-refractivity contribution is 1.20. The summed E-state index contributed by atoms with van der Waals surface area (Å²) in [5, 5.41) is 6.91. The van der Waals surface area contributed by atoms with E-state index in [0.29, 0.717) is 0 Å². The molecule has 0 spiro atoms. The highest BCUT2D eigenvalue weighted by atomic mass is 32.2. The normalized spacial score (nSPS) is 11.2. The van der Waals surface area contributed by atoms with E-state index in [1.54, 1.807) is 18.0 Å². The molecule has 0 unspecified atom stereocenters. The average Bonchev–Trinajstić information content (AvgIpc) is 1.82. The zero-order valence-electron chi connectivity index (χ0n) is 6.27. The standard InChI is InChI=1S/C6H13N3S/c1-3-10-9-5(2)4-6(7)8/h4,9H,3H2,1-2H3,(H3,7,8)/b5-4-. The molecule has 0 atom stereocenters. The minimum atomic E-state index is 0.0849. The molecule has 0 saturated heterocycles. The Balaban J connectivity index is 3.60. The van der Waals surface area contributed by atoms with E-state index in [1.165, 1.54) is 0 Å². The van der Waals surface area contributed by atoms with Crippen LogP contribution in [0.15, 0.2) is 11.8 Å². The van der Waals surface area contributed by atoms with Crippen LogP contribution in [0.2, 0.25) is 0 Å². The van der Waals surface area contributed by atoms with E-state index in [-0.39, 0.29) is 5.84 Å². The van der Waals surface area contributed by atoms with Crippen molar-refractivity contribution in [2.75, 3.05) is 5.75 Å². The third-order valence-electron chi connectivity index (χ3n) is 0.750. The zero-order chi connectivity index (χ0) is 7.98. The first kappa shape index (κ1) is 9.36. The van der Waals surface area contributed by atoms with Crippen LogP contribution in [0.1, 0.15) is 13.8 Å². The highest BCUT2D eigenvalue weighted by Crippen LogP contribution is 1.96. The van der Waals surface area contributed by atoms with Gasteiger partial charge in [-0.25, -0.2) is 0 Å². The van der Waals surface area contributed by atoms with E-state index in [4.69, 9.17) is 11.1 Å². The van der Waals surface area contributed by atoms with Gasteiger partial charge in [-0.05, 0) is 13.0 Å². The Bertz CT molecular complexity index is 142. The summed E-state index contributed by atoms with van der Waals surface area (Å²) in [6.07, 6.45) is 1.59. The van der Waals surface area contributed by atoms with Crippen molar-refractivity contribution in [3.63, 3.8) is 0 Å². The van der Waals surface area contributed by atoms with Gasteiger partial charge in [0.15, 0.2) is 0 Å². The number of hydrogen-bond donors (Lipinski definition) is 3. The molecule has 0 aromatic heterocycles. The first-order valence-electron chi connectivity index (χ1n) is 3.07. The molecule has 0 heterocycles. The van der Waals surface area contributed by atoms with Gasteiger partial charge in [0, 0.05) is 11.4 Å². The first-order chi connectivity index (χ1) is 4.66. The van der Waals surface area contributed by atoms with Crippen LogP contribution in [0, 0.1) is 5.41 Å². The third kappa shape index (κ3) is 5.50. The van der Waals surface area contributed by atoms with Gasteiger partial charge >= 0.3 is 0 Å². The highest BCUT2D eigenvalue weighted by Gasteiger charge is 1.86. The fourth-order valence-corrected chi connectivity index (χ4v) is 0.880. The molecule has 0 aliphatic heterocycles. The number of allylic oxidation sites excluding steroid dienone is 1. The van der Waals surface area contributed by atoms with Gasteiger partial charge in [0.05, 0.1) is 0 Å². The summed E-state index contributed by atoms with van der Waals surface area (Å²) in [5.41, 5.74) is 6.04. The van der Waals surface area contributed by atoms with Crippen molar-refractivity contribution in [2.24, 2.45) is 5.73 Å². The molecule has 0 radical (unpaired) electrons. The van der Waals surface area contributed by atoms with Gasteiger partial charge in [-0.15, -0.1) is 0 Å². The van der Waals surface area contributed by atoms with Crippen LogP contribution in [0.25, 0.3) is 0 Å². The molecule has 10 heavy (non-hydrogen) atoms. The smallest absolute Gasteiger partial charge is 0.117 e. The van der Waals surface area contributed by atoms with Crippen molar-refractivity contribution < 1.29 is 0 Å². The van der Waals surface area contributed by atoms with Crippen molar-refractivity contribution in [3.8, 4) is 0 Å². The van der Waals surface area contributed by atoms with Crippen LogP contribution in [-0.4, -0.2) is 11.6 Å². The van der Waals surface area contributed by atoms with E-state index in [2.05, 4.69) is 11.6 Å². The van der Waals surface area contributed by atoms with Gasteiger partial charge in [-0.1, -0.05) is 18.9 Å². The Morgan fingerprint density at radius 3 is 2.80 bits per heavy atom. The maximum atomic E-state index is 6.91. The second-order valence-corrected chi connectivity index (χ2v) is 2.89. The monoisotopic (exact) mass is 159 g/mol. The summed E-state index contributed by atoms with van der Waals surface area (Å²) < 4.78 is 3.02. The molecule has 0 amide bonds. The molecular formula is C6H13N3S. The summed E-state index contributed by atoms with van der Waals surface area (Å²) in [7, 11) is 0. The molecule has 4 heteroatoms.